The molecule has 1 saturated heterocycles. The highest BCUT2D eigenvalue weighted by Crippen LogP contribution is 2.38. The average Bonchev–Trinajstić information content (AvgIpc) is 3.19. The zero-order valence-corrected chi connectivity index (χ0v) is 26.2. The van der Waals surface area contributed by atoms with E-state index >= 15 is 0 Å². The van der Waals surface area contributed by atoms with Crippen LogP contribution in [0.1, 0.15) is 37.8 Å². The van der Waals surface area contributed by atoms with Crippen molar-refractivity contribution in [1.29, 1.82) is 5.26 Å². The highest BCUT2D eigenvalue weighted by atomic mass is 32.1. The Morgan fingerprint density at radius 1 is 1.07 bits per heavy atom. The van der Waals surface area contributed by atoms with Gasteiger partial charge in [0.15, 0.2) is 5.11 Å². The fraction of sp³-hybridized carbons (Fsp3) is 0.406. The Kier molecular flexibility index (Phi) is 11.5. The first-order valence-electron chi connectivity index (χ1n) is 14.6. The second kappa shape index (κ2) is 15.3. The van der Waals surface area contributed by atoms with Crippen LogP contribution in [-0.2, 0) is 25.2 Å². The van der Waals surface area contributed by atoms with Crippen LogP contribution in [0.4, 0.5) is 18.9 Å². The van der Waals surface area contributed by atoms with Gasteiger partial charge in [0.05, 0.1) is 54.8 Å². The standard InChI is InChI=1S/C32H34F3N5O5S/c1-31(2)29(42)40(23-11-10-22(21-36)25(20-23)32(33,34)35)30(46)39(31)14-5-9-28(41)38-13-15-43-16-17-44-18-19-45-27-8-3-7-26-24(27)6-4-12-37-26/h3-4,6-8,10-12,20H,5,9,13-19H2,1-2H3,(H,38,41). The van der Waals surface area contributed by atoms with Gasteiger partial charge in [0.2, 0.25) is 5.91 Å². The largest absolute Gasteiger partial charge is 0.490 e. The van der Waals surface area contributed by atoms with Gasteiger partial charge in [-0.2, -0.15) is 18.4 Å². The Labute approximate surface area is 270 Å². The second-order valence-corrected chi connectivity index (χ2v) is 11.2. The molecule has 1 aromatic heterocycles. The molecule has 1 fully saturated rings. The predicted molar refractivity (Wildman–Crippen MR) is 168 cm³/mol. The van der Waals surface area contributed by atoms with Gasteiger partial charge in [-0.3, -0.25) is 19.5 Å². The number of anilines is 1. The summed E-state index contributed by atoms with van der Waals surface area (Å²) < 4.78 is 57.4. The Bertz CT molecular complexity index is 1610. The van der Waals surface area contributed by atoms with Crippen molar-refractivity contribution in [1.82, 2.24) is 15.2 Å². The zero-order chi connectivity index (χ0) is 33.3. The van der Waals surface area contributed by atoms with Crippen LogP contribution in [0.25, 0.3) is 10.9 Å². The summed E-state index contributed by atoms with van der Waals surface area (Å²) in [5.74, 6) is 0.0269. The quantitative estimate of drug-likeness (QED) is 0.181. The van der Waals surface area contributed by atoms with Gasteiger partial charge < -0.3 is 24.4 Å². The minimum atomic E-state index is -4.78. The highest BCUT2D eigenvalue weighted by molar-refractivity contribution is 7.80. The minimum Gasteiger partial charge on any atom is -0.490 e. The van der Waals surface area contributed by atoms with Crippen molar-refractivity contribution in [3.63, 3.8) is 0 Å². The van der Waals surface area contributed by atoms with Gasteiger partial charge in [-0.25, -0.2) is 0 Å². The van der Waals surface area contributed by atoms with E-state index in [0.29, 0.717) is 46.0 Å². The molecule has 2 heterocycles. The van der Waals surface area contributed by atoms with Gasteiger partial charge in [-0.1, -0.05) is 6.07 Å². The molecule has 1 N–H and O–H groups in total. The number of hydrogen-bond acceptors (Lipinski definition) is 8. The van der Waals surface area contributed by atoms with Crippen LogP contribution in [0.15, 0.2) is 54.7 Å². The molecule has 4 rings (SSSR count). The van der Waals surface area contributed by atoms with Crippen LogP contribution >= 0.6 is 12.2 Å². The number of aromatic nitrogens is 1. The van der Waals surface area contributed by atoms with E-state index in [1.807, 2.05) is 30.3 Å². The molecule has 0 radical (unpaired) electrons. The third-order valence-corrected chi connectivity index (χ3v) is 7.73. The minimum absolute atomic E-state index is 0.0290. The molecule has 0 saturated carbocycles. The summed E-state index contributed by atoms with van der Waals surface area (Å²) in [6.07, 6.45) is -2.55. The Hall–Kier alpha value is -4.32. The molecule has 0 spiro atoms. The molecule has 46 heavy (non-hydrogen) atoms. The molecule has 244 valence electrons. The Morgan fingerprint density at radius 2 is 1.80 bits per heavy atom. The molecule has 0 aliphatic carbocycles. The summed E-state index contributed by atoms with van der Waals surface area (Å²) in [7, 11) is 0. The molecule has 1 aliphatic rings. The lowest BCUT2D eigenvalue weighted by Gasteiger charge is -2.29. The molecule has 14 heteroatoms. The van der Waals surface area contributed by atoms with Gasteiger partial charge in [-0.15, -0.1) is 0 Å². The monoisotopic (exact) mass is 657 g/mol. The molecule has 10 nitrogen and oxygen atoms in total. The summed E-state index contributed by atoms with van der Waals surface area (Å²) in [4.78, 5) is 32.5. The molecule has 0 bridgehead atoms. The second-order valence-electron chi connectivity index (χ2n) is 10.8. The number of fused-ring (bicyclic) bond motifs is 1. The number of nitriles is 1. The van der Waals surface area contributed by atoms with Gasteiger partial charge in [0, 0.05) is 31.1 Å². The van der Waals surface area contributed by atoms with Crippen molar-refractivity contribution in [3.05, 3.63) is 65.9 Å². The van der Waals surface area contributed by atoms with Crippen LogP contribution in [-0.4, -0.2) is 78.5 Å². The van der Waals surface area contributed by atoms with Gasteiger partial charge in [0.25, 0.3) is 5.91 Å². The number of carbonyl (C=O) groups is 2. The van der Waals surface area contributed by atoms with Crippen molar-refractivity contribution in [3.8, 4) is 11.8 Å². The highest BCUT2D eigenvalue weighted by Gasteiger charge is 2.49. The van der Waals surface area contributed by atoms with E-state index in [-0.39, 0.29) is 29.7 Å². The van der Waals surface area contributed by atoms with E-state index in [4.69, 9.17) is 31.7 Å². The molecule has 0 unspecified atom stereocenters. The maximum atomic E-state index is 13.5. The van der Waals surface area contributed by atoms with E-state index in [9.17, 15) is 22.8 Å². The van der Waals surface area contributed by atoms with Crippen LogP contribution < -0.4 is 15.0 Å². The van der Waals surface area contributed by atoms with Crippen LogP contribution in [0.2, 0.25) is 0 Å². The lowest BCUT2D eigenvalue weighted by molar-refractivity contribution is -0.137. The molecular formula is C32H34F3N5O5S. The fourth-order valence-corrected chi connectivity index (χ4v) is 5.43. The number of hydrogen-bond donors (Lipinski definition) is 1. The van der Waals surface area contributed by atoms with Crippen molar-refractivity contribution in [2.24, 2.45) is 0 Å². The first-order chi connectivity index (χ1) is 21.9. The zero-order valence-electron chi connectivity index (χ0n) is 25.4. The number of ether oxygens (including phenoxy) is 3. The Morgan fingerprint density at radius 3 is 2.54 bits per heavy atom. The smallest absolute Gasteiger partial charge is 0.417 e. The van der Waals surface area contributed by atoms with Crippen molar-refractivity contribution >= 4 is 45.7 Å². The predicted octanol–water partition coefficient (Wildman–Crippen LogP) is 4.85. The van der Waals surface area contributed by atoms with E-state index in [1.165, 1.54) is 12.1 Å². The third-order valence-electron chi connectivity index (χ3n) is 7.33. The van der Waals surface area contributed by atoms with E-state index < -0.39 is 28.7 Å². The van der Waals surface area contributed by atoms with Crippen LogP contribution in [0, 0.1) is 11.3 Å². The van der Waals surface area contributed by atoms with Crippen LogP contribution in [0.3, 0.4) is 0 Å². The number of rotatable bonds is 15. The number of benzene rings is 2. The van der Waals surface area contributed by atoms with Gasteiger partial charge in [-0.05, 0) is 75.0 Å². The fourth-order valence-electron chi connectivity index (χ4n) is 4.92. The van der Waals surface area contributed by atoms with E-state index in [1.54, 1.807) is 24.9 Å². The maximum absolute atomic E-state index is 13.5. The number of halogens is 3. The number of thiocarbonyl (C=S) groups is 1. The molecule has 1 aliphatic heterocycles. The normalized spacial score (nSPS) is 14.5. The number of pyridine rings is 1. The maximum Gasteiger partial charge on any atom is 0.417 e. The number of alkyl halides is 3. The molecule has 0 atom stereocenters. The number of amides is 2. The van der Waals surface area contributed by atoms with Crippen molar-refractivity contribution in [2.75, 3.05) is 51.0 Å². The van der Waals surface area contributed by atoms with Gasteiger partial charge in [0.1, 0.15) is 17.9 Å². The van der Waals surface area contributed by atoms with E-state index in [0.717, 1.165) is 33.7 Å². The topological polar surface area (TPSA) is 117 Å². The first-order valence-corrected chi connectivity index (χ1v) is 15.0. The molecule has 2 amide bonds. The summed E-state index contributed by atoms with van der Waals surface area (Å²) in [5.41, 5.74) is -2.06. The summed E-state index contributed by atoms with van der Waals surface area (Å²) in [6, 6.07) is 14.1. The van der Waals surface area contributed by atoms with Gasteiger partial charge >= 0.3 is 6.18 Å². The average molecular weight is 658 g/mol. The first kappa shape index (κ1) is 34.6. The molecule has 2 aromatic carbocycles. The summed E-state index contributed by atoms with van der Waals surface area (Å²) in [6.45, 7) is 5.56. The number of nitrogens with zero attached hydrogens (tertiary/aromatic N) is 4. The van der Waals surface area contributed by atoms with Crippen molar-refractivity contribution < 1.29 is 37.0 Å². The number of carbonyl (C=O) groups excluding carboxylic acids is 2. The SMILES string of the molecule is CC1(C)C(=O)N(c2ccc(C#N)c(C(F)(F)F)c2)C(=S)N1CCCC(=O)NCCOCCOCCOc1cccc2ncccc12. The third kappa shape index (κ3) is 8.28. The van der Waals surface area contributed by atoms with E-state index in [2.05, 4.69) is 10.3 Å². The lowest BCUT2D eigenvalue weighted by atomic mass is 10.0. The molecular weight excluding hydrogens is 623 g/mol. The van der Waals surface area contributed by atoms with Crippen LogP contribution in [0.5, 0.6) is 5.75 Å². The molecule has 3 aromatic rings. The van der Waals surface area contributed by atoms with Crippen molar-refractivity contribution in [2.45, 2.75) is 38.4 Å². The summed E-state index contributed by atoms with van der Waals surface area (Å²) >= 11 is 5.48. The summed E-state index contributed by atoms with van der Waals surface area (Å²) in [5, 5.41) is 12.8. The Balaban J connectivity index is 1.11. The number of nitrogens with one attached hydrogen (secondary N) is 1. The lowest BCUT2D eigenvalue weighted by Crippen LogP contribution is -2.44.